The van der Waals surface area contributed by atoms with Crippen LogP contribution in [0.2, 0.25) is 0 Å². The van der Waals surface area contributed by atoms with Crippen molar-refractivity contribution in [3.63, 3.8) is 0 Å². The third kappa shape index (κ3) is 3.35. The van der Waals surface area contributed by atoms with E-state index in [1.165, 1.54) is 5.56 Å². The van der Waals surface area contributed by atoms with E-state index in [-0.39, 0.29) is 17.9 Å². The quantitative estimate of drug-likeness (QED) is 0.911. The van der Waals surface area contributed by atoms with Crippen LogP contribution in [0.15, 0.2) is 18.6 Å². The Balaban J connectivity index is 1.49. The number of amides is 1. The third-order valence-electron chi connectivity index (χ3n) is 5.28. The van der Waals surface area contributed by atoms with Crippen LogP contribution in [0, 0.1) is 0 Å². The highest BCUT2D eigenvalue weighted by Crippen LogP contribution is 2.26. The van der Waals surface area contributed by atoms with Gasteiger partial charge < -0.3 is 10.2 Å². The van der Waals surface area contributed by atoms with Gasteiger partial charge in [-0.25, -0.2) is 9.97 Å². The lowest BCUT2D eigenvalue weighted by atomic mass is 9.96. The molecule has 0 saturated carbocycles. The van der Waals surface area contributed by atoms with Gasteiger partial charge in [0.25, 0.3) is 5.91 Å². The summed E-state index contributed by atoms with van der Waals surface area (Å²) in [6.45, 7) is 7.41. The van der Waals surface area contributed by atoms with E-state index in [1.807, 2.05) is 22.0 Å². The van der Waals surface area contributed by atoms with E-state index in [0.29, 0.717) is 12.1 Å². The predicted octanol–water partition coefficient (Wildman–Crippen LogP) is 1.92. The number of piperidine rings is 1. The Morgan fingerprint density at radius 1 is 1.35 bits per heavy atom. The van der Waals surface area contributed by atoms with Crippen molar-refractivity contribution in [1.29, 1.82) is 0 Å². The second-order valence-electron chi connectivity index (χ2n) is 7.52. The molecular weight excluding hydrogens is 328 g/mol. The van der Waals surface area contributed by atoms with Crippen molar-refractivity contribution in [3.05, 3.63) is 41.2 Å². The minimum absolute atomic E-state index is 0.0590. The van der Waals surface area contributed by atoms with Crippen LogP contribution in [0.3, 0.4) is 0 Å². The number of aromatic nitrogens is 4. The number of hydrogen-bond acceptors (Lipinski definition) is 5. The van der Waals surface area contributed by atoms with Crippen molar-refractivity contribution >= 4 is 5.91 Å². The van der Waals surface area contributed by atoms with Crippen molar-refractivity contribution in [3.8, 4) is 0 Å². The van der Waals surface area contributed by atoms with E-state index in [2.05, 4.69) is 29.2 Å². The van der Waals surface area contributed by atoms with E-state index >= 15 is 0 Å². The summed E-state index contributed by atoms with van der Waals surface area (Å²) >= 11 is 0. The van der Waals surface area contributed by atoms with Gasteiger partial charge in [0.2, 0.25) is 0 Å². The smallest absolute Gasteiger partial charge is 0.257 e. The zero-order valence-electron chi connectivity index (χ0n) is 15.5. The summed E-state index contributed by atoms with van der Waals surface area (Å²) in [5, 5.41) is 7.64. The summed E-state index contributed by atoms with van der Waals surface area (Å²) in [5.74, 6) is 1.16. The normalized spacial score (nSPS) is 20.3. The largest absolute Gasteiger partial charge is 0.338 e. The number of likely N-dealkylation sites (tertiary alicyclic amines) is 1. The van der Waals surface area contributed by atoms with Gasteiger partial charge >= 0.3 is 0 Å². The molecule has 2 aromatic heterocycles. The number of hydrogen-bond donors (Lipinski definition) is 1. The molecule has 2 aliphatic rings. The first-order chi connectivity index (χ1) is 12.6. The Morgan fingerprint density at radius 3 is 3.04 bits per heavy atom. The average Bonchev–Trinajstić information content (AvgIpc) is 3.18. The first kappa shape index (κ1) is 17.1. The van der Waals surface area contributed by atoms with Crippen LogP contribution in [0.5, 0.6) is 0 Å². The molecular formula is C19H26N6O. The molecule has 0 aromatic carbocycles. The van der Waals surface area contributed by atoms with Gasteiger partial charge in [-0.1, -0.05) is 0 Å². The van der Waals surface area contributed by atoms with E-state index < -0.39 is 0 Å². The average molecular weight is 354 g/mol. The molecule has 0 spiro atoms. The second-order valence-corrected chi connectivity index (χ2v) is 7.52. The maximum atomic E-state index is 12.9. The molecule has 0 bridgehead atoms. The third-order valence-corrected chi connectivity index (χ3v) is 5.28. The molecule has 138 valence electrons. The standard InChI is InChI=1S/C19H26N6O/c1-13(2)25-12-16(10-22-25)19(26)24-7-3-4-14(11-24)18-21-9-15-8-20-6-5-17(15)23-18/h9-10,12-14,20H,3-8,11H2,1-2H3/t14-/m1/s1. The highest BCUT2D eigenvalue weighted by molar-refractivity contribution is 5.93. The summed E-state index contributed by atoms with van der Waals surface area (Å²) in [6, 6.07) is 0.254. The molecule has 2 aromatic rings. The van der Waals surface area contributed by atoms with Gasteiger partial charge in [-0.3, -0.25) is 9.48 Å². The van der Waals surface area contributed by atoms with Crippen LogP contribution in [0.4, 0.5) is 0 Å². The molecule has 0 unspecified atom stereocenters. The number of carbonyl (C=O) groups excluding carboxylic acids is 1. The summed E-state index contributed by atoms with van der Waals surface area (Å²) in [6.07, 6.45) is 8.45. The van der Waals surface area contributed by atoms with Crippen LogP contribution in [-0.2, 0) is 13.0 Å². The maximum absolute atomic E-state index is 12.9. The molecule has 1 N–H and O–H groups in total. The second kappa shape index (κ2) is 7.15. The molecule has 2 aliphatic heterocycles. The monoisotopic (exact) mass is 354 g/mol. The number of nitrogens with zero attached hydrogens (tertiary/aromatic N) is 5. The molecule has 0 radical (unpaired) electrons. The summed E-state index contributed by atoms with van der Waals surface area (Å²) in [4.78, 5) is 24.2. The Bertz CT molecular complexity index is 799. The summed E-state index contributed by atoms with van der Waals surface area (Å²) < 4.78 is 1.83. The fourth-order valence-corrected chi connectivity index (χ4v) is 3.73. The van der Waals surface area contributed by atoms with E-state index in [0.717, 1.165) is 50.4 Å². The van der Waals surface area contributed by atoms with Crippen molar-refractivity contribution in [1.82, 2.24) is 30.0 Å². The molecule has 1 amide bonds. The molecule has 1 fully saturated rings. The molecule has 1 saturated heterocycles. The molecule has 0 aliphatic carbocycles. The van der Waals surface area contributed by atoms with Crippen LogP contribution >= 0.6 is 0 Å². The zero-order chi connectivity index (χ0) is 18.1. The minimum Gasteiger partial charge on any atom is -0.338 e. The number of fused-ring (bicyclic) bond motifs is 1. The molecule has 4 rings (SSSR count). The Morgan fingerprint density at radius 2 is 2.23 bits per heavy atom. The number of nitrogens with one attached hydrogen (secondary N) is 1. The maximum Gasteiger partial charge on any atom is 0.257 e. The van der Waals surface area contributed by atoms with Crippen LogP contribution in [0.25, 0.3) is 0 Å². The first-order valence-corrected chi connectivity index (χ1v) is 9.50. The SMILES string of the molecule is CC(C)n1cc(C(=O)N2CCC[C@@H](c3ncc4c(n3)CCNC4)C2)cn1. The van der Waals surface area contributed by atoms with Gasteiger partial charge in [-0.05, 0) is 26.7 Å². The topological polar surface area (TPSA) is 75.9 Å². The van der Waals surface area contributed by atoms with Crippen LogP contribution < -0.4 is 5.32 Å². The first-order valence-electron chi connectivity index (χ1n) is 9.50. The summed E-state index contributed by atoms with van der Waals surface area (Å²) in [5.41, 5.74) is 3.03. The van der Waals surface area contributed by atoms with Gasteiger partial charge in [0.15, 0.2) is 0 Å². The van der Waals surface area contributed by atoms with Crippen molar-refractivity contribution in [2.24, 2.45) is 0 Å². The van der Waals surface area contributed by atoms with E-state index in [1.54, 1.807) is 6.20 Å². The Labute approximate surface area is 153 Å². The van der Waals surface area contributed by atoms with Crippen molar-refractivity contribution in [2.45, 2.75) is 51.6 Å². The number of carbonyl (C=O) groups is 1. The van der Waals surface area contributed by atoms with Gasteiger partial charge in [-0.2, -0.15) is 5.10 Å². The van der Waals surface area contributed by atoms with Gasteiger partial charge in [0.05, 0.1) is 11.8 Å². The fourth-order valence-electron chi connectivity index (χ4n) is 3.73. The predicted molar refractivity (Wildman–Crippen MR) is 97.9 cm³/mol. The van der Waals surface area contributed by atoms with E-state index in [4.69, 9.17) is 4.98 Å². The highest BCUT2D eigenvalue weighted by atomic mass is 16.2. The van der Waals surface area contributed by atoms with Gasteiger partial charge in [0.1, 0.15) is 5.82 Å². The van der Waals surface area contributed by atoms with Crippen molar-refractivity contribution < 1.29 is 4.79 Å². The Kier molecular flexibility index (Phi) is 4.72. The summed E-state index contributed by atoms with van der Waals surface area (Å²) in [7, 11) is 0. The molecule has 7 nitrogen and oxygen atoms in total. The highest BCUT2D eigenvalue weighted by Gasteiger charge is 2.28. The van der Waals surface area contributed by atoms with Crippen molar-refractivity contribution in [2.75, 3.05) is 19.6 Å². The van der Waals surface area contributed by atoms with E-state index in [9.17, 15) is 4.79 Å². The van der Waals surface area contributed by atoms with Gasteiger partial charge in [-0.15, -0.1) is 0 Å². The van der Waals surface area contributed by atoms with Gasteiger partial charge in [0, 0.05) is 68.2 Å². The lowest BCUT2D eigenvalue weighted by Gasteiger charge is -2.32. The molecule has 7 heteroatoms. The molecule has 1 atom stereocenters. The fraction of sp³-hybridized carbons (Fsp3) is 0.579. The molecule has 4 heterocycles. The van der Waals surface area contributed by atoms with Crippen LogP contribution in [-0.4, -0.2) is 50.2 Å². The minimum atomic E-state index is 0.0590. The molecule has 26 heavy (non-hydrogen) atoms. The number of rotatable bonds is 3. The Hall–Kier alpha value is -2.28. The van der Waals surface area contributed by atoms with Crippen LogP contribution in [0.1, 0.15) is 66.1 Å². The lowest BCUT2D eigenvalue weighted by Crippen LogP contribution is -2.39. The zero-order valence-corrected chi connectivity index (χ0v) is 15.5. The lowest BCUT2D eigenvalue weighted by molar-refractivity contribution is 0.0704.